The fourth-order valence-corrected chi connectivity index (χ4v) is 3.76. The van der Waals surface area contributed by atoms with E-state index in [4.69, 9.17) is 9.47 Å². The third kappa shape index (κ3) is 4.20. The Hall–Kier alpha value is -4.06. The van der Waals surface area contributed by atoms with Crippen molar-refractivity contribution < 1.29 is 24.0 Å². The number of carbonyl (C=O) groups is 2. The number of thioether (sulfide) groups is 1. The van der Waals surface area contributed by atoms with E-state index in [1.807, 2.05) is 0 Å². The van der Waals surface area contributed by atoms with Crippen LogP contribution in [0, 0.1) is 10.1 Å². The van der Waals surface area contributed by atoms with Crippen LogP contribution in [-0.2, 0) is 9.59 Å². The van der Waals surface area contributed by atoms with Crippen LogP contribution in [0.15, 0.2) is 47.6 Å². The van der Waals surface area contributed by atoms with E-state index in [0.717, 1.165) is 0 Å². The summed E-state index contributed by atoms with van der Waals surface area (Å²) in [6.07, 6.45) is 0.466. The molecule has 33 heavy (non-hydrogen) atoms. The van der Waals surface area contributed by atoms with Crippen molar-refractivity contribution in [2.45, 2.75) is 25.2 Å². The summed E-state index contributed by atoms with van der Waals surface area (Å²) in [7, 11) is 0. The number of fused-ring (bicyclic) bond motifs is 3. The maximum atomic E-state index is 12.8. The lowest BCUT2D eigenvalue weighted by Crippen LogP contribution is -2.36. The van der Waals surface area contributed by atoms with Crippen LogP contribution < -0.4 is 14.4 Å². The number of anilines is 1. The molecule has 0 bridgehead atoms. The van der Waals surface area contributed by atoms with Gasteiger partial charge in [-0.1, -0.05) is 30.0 Å². The number of hydrogen-bond acceptors (Lipinski definition) is 10. The number of nitro groups is 1. The summed E-state index contributed by atoms with van der Waals surface area (Å²) in [5.74, 6) is -0.913. The minimum atomic E-state index is -1.30. The number of hydrogen-bond donors (Lipinski definition) is 0. The summed E-state index contributed by atoms with van der Waals surface area (Å²) in [4.78, 5) is 41.2. The molecule has 4 rings (SSSR count). The van der Waals surface area contributed by atoms with E-state index in [9.17, 15) is 19.7 Å². The third-order valence-electron chi connectivity index (χ3n) is 4.76. The predicted octanol–water partition coefficient (Wildman–Crippen LogP) is 3.54. The van der Waals surface area contributed by atoms with E-state index < -0.39 is 23.0 Å². The molecule has 168 valence electrons. The van der Waals surface area contributed by atoms with Crippen molar-refractivity contribution >= 4 is 35.0 Å². The van der Waals surface area contributed by atoms with E-state index in [2.05, 4.69) is 15.2 Å². The third-order valence-corrected chi connectivity index (χ3v) is 5.30. The summed E-state index contributed by atoms with van der Waals surface area (Å²) < 4.78 is 11.2. The number of rotatable bonds is 4. The van der Waals surface area contributed by atoms with Crippen molar-refractivity contribution in [1.29, 1.82) is 0 Å². The van der Waals surface area contributed by atoms with Crippen LogP contribution in [0.4, 0.5) is 11.4 Å². The minimum absolute atomic E-state index is 0.000849. The SMILES string of the molecule is CSc1nnc2c(n1)OC(c1cc(OC(C)=O)ccc1[N+](=O)[O-])N(C(C)=O)c1ccccc1-2. The van der Waals surface area contributed by atoms with Crippen LogP contribution in [0.2, 0.25) is 0 Å². The average Bonchev–Trinajstić information content (AvgIpc) is 2.92. The van der Waals surface area contributed by atoms with Gasteiger partial charge >= 0.3 is 5.97 Å². The molecule has 2 heterocycles. The molecule has 0 aliphatic carbocycles. The van der Waals surface area contributed by atoms with Crippen LogP contribution in [-0.4, -0.2) is 38.2 Å². The predicted molar refractivity (Wildman–Crippen MR) is 118 cm³/mol. The Morgan fingerprint density at radius 1 is 1.18 bits per heavy atom. The number of para-hydroxylation sites is 1. The van der Waals surface area contributed by atoms with Gasteiger partial charge in [0.15, 0.2) is 5.69 Å². The zero-order valence-electron chi connectivity index (χ0n) is 17.7. The number of esters is 1. The Morgan fingerprint density at radius 2 is 1.94 bits per heavy atom. The number of benzene rings is 2. The maximum Gasteiger partial charge on any atom is 0.308 e. The molecular formula is C21H17N5O6S. The molecule has 1 atom stereocenters. The van der Waals surface area contributed by atoms with Gasteiger partial charge in [-0.25, -0.2) is 0 Å². The monoisotopic (exact) mass is 467 g/mol. The second-order valence-corrected chi connectivity index (χ2v) is 7.67. The Kier molecular flexibility index (Phi) is 5.92. The molecule has 2 aromatic carbocycles. The Morgan fingerprint density at radius 3 is 2.61 bits per heavy atom. The van der Waals surface area contributed by atoms with E-state index in [0.29, 0.717) is 16.4 Å². The standard InChI is InChI=1S/C21H17N5O6S/c1-11(27)25-16-7-5-4-6-14(16)18-19(22-21(33-3)24-23-18)32-20(25)15-10-13(31-12(2)28)8-9-17(15)26(29)30/h4-10,20H,1-3H3. The van der Waals surface area contributed by atoms with Gasteiger partial charge in [0, 0.05) is 25.5 Å². The van der Waals surface area contributed by atoms with Crippen molar-refractivity contribution in [2.24, 2.45) is 0 Å². The minimum Gasteiger partial charge on any atom is -0.447 e. The van der Waals surface area contributed by atoms with Crippen LogP contribution in [0.5, 0.6) is 11.6 Å². The summed E-state index contributed by atoms with van der Waals surface area (Å²) in [6, 6.07) is 10.7. The van der Waals surface area contributed by atoms with Crippen LogP contribution >= 0.6 is 11.8 Å². The summed E-state index contributed by atoms with van der Waals surface area (Å²) >= 11 is 1.24. The number of nitrogens with zero attached hydrogens (tertiary/aromatic N) is 5. The molecule has 0 radical (unpaired) electrons. The first-order valence-electron chi connectivity index (χ1n) is 9.61. The lowest BCUT2D eigenvalue weighted by molar-refractivity contribution is -0.386. The van der Waals surface area contributed by atoms with Crippen LogP contribution in [0.25, 0.3) is 11.3 Å². The zero-order chi connectivity index (χ0) is 23.7. The number of nitro benzene ring substituents is 1. The lowest BCUT2D eigenvalue weighted by Gasteiger charge is -2.29. The first-order valence-corrected chi connectivity index (χ1v) is 10.8. The number of ether oxygens (including phenoxy) is 2. The maximum absolute atomic E-state index is 12.8. The molecule has 1 aliphatic heterocycles. The molecule has 12 heteroatoms. The second kappa shape index (κ2) is 8.82. The van der Waals surface area contributed by atoms with Crippen molar-refractivity contribution in [3.8, 4) is 22.9 Å². The van der Waals surface area contributed by atoms with Crippen molar-refractivity contribution in [2.75, 3.05) is 11.2 Å². The van der Waals surface area contributed by atoms with Crippen LogP contribution in [0.1, 0.15) is 25.6 Å². The topological polar surface area (TPSA) is 138 Å². The second-order valence-electron chi connectivity index (χ2n) is 6.90. The molecule has 1 aromatic heterocycles. The summed E-state index contributed by atoms with van der Waals surface area (Å²) in [6.45, 7) is 2.53. The highest BCUT2D eigenvalue weighted by Gasteiger charge is 2.38. The zero-order valence-corrected chi connectivity index (χ0v) is 18.5. The molecule has 1 amide bonds. The molecule has 11 nitrogen and oxygen atoms in total. The van der Waals surface area contributed by atoms with Gasteiger partial charge in [0.2, 0.25) is 23.2 Å². The normalized spacial score (nSPS) is 14.4. The largest absolute Gasteiger partial charge is 0.447 e. The molecule has 0 N–H and O–H groups in total. The number of aromatic nitrogens is 3. The van der Waals surface area contributed by atoms with E-state index in [1.54, 1.807) is 30.5 Å². The quantitative estimate of drug-likeness (QED) is 0.184. The van der Waals surface area contributed by atoms with E-state index >= 15 is 0 Å². The van der Waals surface area contributed by atoms with Gasteiger partial charge < -0.3 is 9.47 Å². The van der Waals surface area contributed by atoms with Crippen molar-refractivity contribution in [3.63, 3.8) is 0 Å². The van der Waals surface area contributed by atoms with Crippen LogP contribution in [0.3, 0.4) is 0 Å². The van der Waals surface area contributed by atoms with Gasteiger partial charge in [0.1, 0.15) is 5.75 Å². The molecule has 3 aromatic rings. The average molecular weight is 467 g/mol. The van der Waals surface area contributed by atoms with E-state index in [1.165, 1.54) is 48.7 Å². The summed E-state index contributed by atoms with van der Waals surface area (Å²) in [5.41, 5.74) is 0.901. The molecular weight excluding hydrogens is 450 g/mol. The Labute approximate surface area is 191 Å². The smallest absolute Gasteiger partial charge is 0.308 e. The molecule has 0 saturated carbocycles. The van der Waals surface area contributed by atoms with Gasteiger partial charge in [-0.15, -0.1) is 10.2 Å². The van der Waals surface area contributed by atoms with Gasteiger partial charge in [-0.3, -0.25) is 24.6 Å². The first kappa shape index (κ1) is 22.1. The number of amides is 1. The Balaban J connectivity index is 2.00. The van der Waals surface area contributed by atoms with Crippen molar-refractivity contribution in [3.05, 3.63) is 58.1 Å². The lowest BCUT2D eigenvalue weighted by atomic mass is 10.1. The van der Waals surface area contributed by atoms with E-state index in [-0.39, 0.29) is 28.6 Å². The number of carbonyl (C=O) groups excluding carboxylic acids is 2. The van der Waals surface area contributed by atoms with Crippen molar-refractivity contribution in [1.82, 2.24) is 15.2 Å². The Bertz CT molecular complexity index is 1280. The highest BCUT2D eigenvalue weighted by atomic mass is 32.2. The van der Waals surface area contributed by atoms with Gasteiger partial charge in [-0.05, 0) is 24.5 Å². The molecule has 1 unspecified atom stereocenters. The molecule has 0 fully saturated rings. The highest BCUT2D eigenvalue weighted by molar-refractivity contribution is 7.98. The first-order chi connectivity index (χ1) is 15.8. The summed E-state index contributed by atoms with van der Waals surface area (Å²) in [5, 5.41) is 20.5. The van der Waals surface area contributed by atoms with Gasteiger partial charge in [0.05, 0.1) is 16.2 Å². The van der Waals surface area contributed by atoms with Gasteiger partial charge in [0.25, 0.3) is 5.69 Å². The fraction of sp³-hybridized carbons (Fsp3) is 0.190. The highest BCUT2D eigenvalue weighted by Crippen LogP contribution is 2.45. The molecule has 0 spiro atoms. The molecule has 0 saturated heterocycles. The fourth-order valence-electron chi connectivity index (χ4n) is 3.47. The van der Waals surface area contributed by atoms with Gasteiger partial charge in [-0.2, -0.15) is 4.98 Å². The molecule has 1 aliphatic rings.